The zero-order valence-corrected chi connectivity index (χ0v) is 10.9. The van der Waals surface area contributed by atoms with Crippen LogP contribution in [0, 0.1) is 0 Å². The lowest BCUT2D eigenvalue weighted by atomic mass is 10.1. The highest BCUT2D eigenvalue weighted by Crippen LogP contribution is 2.19. The van der Waals surface area contributed by atoms with Crippen LogP contribution in [0.4, 0.5) is 4.79 Å². The van der Waals surface area contributed by atoms with Crippen LogP contribution in [0.15, 0.2) is 16.6 Å². The molecule has 0 aromatic carbocycles. The van der Waals surface area contributed by atoms with Gasteiger partial charge in [0.05, 0.1) is 24.5 Å². The molecular formula is C11H13NO5S. The Hall–Kier alpha value is -1.63. The Labute approximate surface area is 108 Å². The average molecular weight is 271 g/mol. The van der Waals surface area contributed by atoms with Gasteiger partial charge in [-0.15, -0.1) is 0 Å². The summed E-state index contributed by atoms with van der Waals surface area (Å²) in [6.45, 7) is 3.68. The van der Waals surface area contributed by atoms with Gasteiger partial charge in [-0.2, -0.15) is 0 Å². The molecule has 6 nitrogen and oxygen atoms in total. The molecule has 1 aliphatic heterocycles. The van der Waals surface area contributed by atoms with Crippen LogP contribution in [0.5, 0.6) is 0 Å². The van der Waals surface area contributed by atoms with E-state index < -0.39 is 11.9 Å². The highest BCUT2D eigenvalue weighted by atomic mass is 32.2. The van der Waals surface area contributed by atoms with Crippen molar-refractivity contribution in [1.29, 1.82) is 0 Å². The Morgan fingerprint density at radius 1 is 1.33 bits per heavy atom. The summed E-state index contributed by atoms with van der Waals surface area (Å²) in [5.74, 6) is -1.09. The summed E-state index contributed by atoms with van der Waals surface area (Å²) >= 11 is 0.966. The predicted molar refractivity (Wildman–Crippen MR) is 66.6 cm³/mol. The number of aliphatic imine (C=N–C) groups is 1. The van der Waals surface area contributed by atoms with Crippen molar-refractivity contribution in [2.75, 3.05) is 19.0 Å². The van der Waals surface area contributed by atoms with Gasteiger partial charge in [0, 0.05) is 11.8 Å². The highest BCUT2D eigenvalue weighted by molar-refractivity contribution is 8.14. The molecule has 1 heterocycles. The predicted octanol–water partition coefficient (Wildman–Crippen LogP) is 1.35. The van der Waals surface area contributed by atoms with Crippen LogP contribution >= 0.6 is 11.8 Å². The number of carbonyl (C=O) groups is 3. The maximum absolute atomic E-state index is 11.7. The SMILES string of the molecule is CCOC(=O)/C=C(/C(=O)OCC)C1=NC(=O)SC1. The molecule has 0 aromatic rings. The Balaban J connectivity index is 2.95. The molecule has 0 spiro atoms. The number of ether oxygens (including phenoxy) is 2. The third-order valence-corrected chi connectivity index (χ3v) is 2.67. The van der Waals surface area contributed by atoms with Gasteiger partial charge in [0.1, 0.15) is 0 Å². The van der Waals surface area contributed by atoms with Crippen molar-refractivity contribution in [3.63, 3.8) is 0 Å². The summed E-state index contributed by atoms with van der Waals surface area (Å²) in [4.78, 5) is 37.7. The fourth-order valence-corrected chi connectivity index (χ4v) is 1.87. The minimum atomic E-state index is -0.681. The van der Waals surface area contributed by atoms with E-state index in [-0.39, 0.29) is 35.5 Å². The normalized spacial score (nSPS) is 15.3. The molecule has 0 N–H and O–H groups in total. The number of hydrogen-bond acceptors (Lipinski definition) is 6. The molecule has 0 fully saturated rings. The van der Waals surface area contributed by atoms with Crippen LogP contribution in [-0.4, -0.2) is 41.9 Å². The monoisotopic (exact) mass is 271 g/mol. The lowest BCUT2D eigenvalue weighted by molar-refractivity contribution is -0.140. The second-order valence-corrected chi connectivity index (χ2v) is 4.07. The summed E-state index contributed by atoms with van der Waals surface area (Å²) < 4.78 is 9.53. The third kappa shape index (κ3) is 3.99. The van der Waals surface area contributed by atoms with Gasteiger partial charge in [0.25, 0.3) is 0 Å². The number of esters is 2. The lowest BCUT2D eigenvalue weighted by Crippen LogP contribution is -2.18. The molecule has 18 heavy (non-hydrogen) atoms. The molecule has 0 aliphatic carbocycles. The van der Waals surface area contributed by atoms with Gasteiger partial charge in [-0.25, -0.2) is 14.6 Å². The van der Waals surface area contributed by atoms with Gasteiger partial charge in [0.2, 0.25) is 0 Å². The van der Waals surface area contributed by atoms with Crippen LogP contribution in [-0.2, 0) is 19.1 Å². The quantitative estimate of drug-likeness (QED) is 0.554. The summed E-state index contributed by atoms with van der Waals surface area (Å²) in [5, 5.41) is -0.385. The van der Waals surface area contributed by atoms with E-state index in [1.54, 1.807) is 13.8 Å². The Morgan fingerprint density at radius 2 is 2.00 bits per heavy atom. The number of rotatable bonds is 5. The van der Waals surface area contributed by atoms with Crippen molar-refractivity contribution < 1.29 is 23.9 Å². The number of nitrogens with zero attached hydrogens (tertiary/aromatic N) is 1. The van der Waals surface area contributed by atoms with E-state index >= 15 is 0 Å². The van der Waals surface area contributed by atoms with Gasteiger partial charge < -0.3 is 9.47 Å². The lowest BCUT2D eigenvalue weighted by Gasteiger charge is -2.05. The molecular weight excluding hydrogens is 258 g/mol. The number of hydrogen-bond donors (Lipinski definition) is 0. The van der Waals surface area contributed by atoms with E-state index in [1.165, 1.54) is 0 Å². The molecule has 0 atom stereocenters. The molecule has 0 radical (unpaired) electrons. The summed E-state index contributed by atoms with van der Waals surface area (Å²) in [5.41, 5.74) is 0.227. The summed E-state index contributed by atoms with van der Waals surface area (Å²) in [6.07, 6.45) is 1.01. The average Bonchev–Trinajstić information content (AvgIpc) is 2.73. The fourth-order valence-electron chi connectivity index (χ4n) is 1.21. The maximum atomic E-state index is 11.7. The van der Waals surface area contributed by atoms with Gasteiger partial charge in [-0.3, -0.25) is 4.79 Å². The molecule has 1 rings (SSSR count). The van der Waals surface area contributed by atoms with E-state index in [0.717, 1.165) is 17.8 Å². The molecule has 0 aromatic heterocycles. The van der Waals surface area contributed by atoms with Crippen LogP contribution in [0.2, 0.25) is 0 Å². The van der Waals surface area contributed by atoms with E-state index in [0.29, 0.717) is 0 Å². The zero-order chi connectivity index (χ0) is 13.5. The second-order valence-electron chi connectivity index (χ2n) is 3.14. The molecule has 98 valence electrons. The molecule has 7 heteroatoms. The molecule has 0 saturated carbocycles. The maximum Gasteiger partial charge on any atom is 0.340 e. The number of carbonyl (C=O) groups excluding carboxylic acids is 3. The summed E-state index contributed by atoms with van der Waals surface area (Å²) in [6, 6.07) is 0. The smallest absolute Gasteiger partial charge is 0.340 e. The topological polar surface area (TPSA) is 82.0 Å². The first-order chi connectivity index (χ1) is 8.58. The Kier molecular flexibility index (Phi) is 5.57. The van der Waals surface area contributed by atoms with Crippen molar-refractivity contribution in [2.24, 2.45) is 4.99 Å². The van der Waals surface area contributed by atoms with Crippen molar-refractivity contribution in [3.8, 4) is 0 Å². The summed E-state index contributed by atoms with van der Waals surface area (Å²) in [7, 11) is 0. The zero-order valence-electron chi connectivity index (χ0n) is 10.1. The molecule has 0 bridgehead atoms. The van der Waals surface area contributed by atoms with Gasteiger partial charge in [-0.05, 0) is 13.8 Å². The van der Waals surface area contributed by atoms with E-state index in [2.05, 4.69) is 4.99 Å². The van der Waals surface area contributed by atoms with Crippen LogP contribution < -0.4 is 0 Å². The largest absolute Gasteiger partial charge is 0.463 e. The molecule has 0 saturated heterocycles. The minimum absolute atomic E-state index is 0.0198. The van der Waals surface area contributed by atoms with E-state index in [4.69, 9.17) is 9.47 Å². The van der Waals surface area contributed by atoms with Gasteiger partial charge >= 0.3 is 17.2 Å². The minimum Gasteiger partial charge on any atom is -0.463 e. The van der Waals surface area contributed by atoms with Crippen molar-refractivity contribution in [3.05, 3.63) is 11.6 Å². The molecule has 1 amide bonds. The fraction of sp³-hybridized carbons (Fsp3) is 0.455. The standard InChI is InChI=1S/C11H13NO5S/c1-3-16-9(13)5-7(10(14)17-4-2)8-6-18-11(15)12-8/h5H,3-4,6H2,1-2H3/b7-5+. The van der Waals surface area contributed by atoms with Crippen molar-refractivity contribution >= 4 is 34.7 Å². The van der Waals surface area contributed by atoms with E-state index in [9.17, 15) is 14.4 Å². The van der Waals surface area contributed by atoms with Crippen LogP contribution in [0.3, 0.4) is 0 Å². The molecule has 1 aliphatic rings. The number of thioether (sulfide) groups is 1. The van der Waals surface area contributed by atoms with Crippen LogP contribution in [0.1, 0.15) is 13.8 Å². The van der Waals surface area contributed by atoms with Crippen molar-refractivity contribution in [2.45, 2.75) is 13.8 Å². The Bertz CT molecular complexity index is 427. The van der Waals surface area contributed by atoms with Gasteiger partial charge in [-0.1, -0.05) is 11.8 Å². The highest BCUT2D eigenvalue weighted by Gasteiger charge is 2.25. The van der Waals surface area contributed by atoms with Gasteiger partial charge in [0.15, 0.2) is 0 Å². The van der Waals surface area contributed by atoms with E-state index in [1.807, 2.05) is 0 Å². The third-order valence-electron chi connectivity index (χ3n) is 1.91. The number of amides is 1. The van der Waals surface area contributed by atoms with Crippen LogP contribution in [0.25, 0.3) is 0 Å². The Morgan fingerprint density at radius 3 is 2.50 bits per heavy atom. The molecule has 0 unspecified atom stereocenters. The first-order valence-corrected chi connectivity index (χ1v) is 6.37. The second kappa shape index (κ2) is 6.95. The first kappa shape index (κ1) is 14.4. The van der Waals surface area contributed by atoms with Crippen molar-refractivity contribution in [1.82, 2.24) is 0 Å². The first-order valence-electron chi connectivity index (χ1n) is 5.38.